The maximum atomic E-state index is 10.1. The van der Waals surface area contributed by atoms with Crippen LogP contribution in [0.5, 0.6) is 0 Å². The largest absolute Gasteiger partial charge is 1.00 e. The molecule has 4 nitrogen and oxygen atoms in total. The molecule has 0 rings (SSSR count). The van der Waals surface area contributed by atoms with E-state index < -0.39 is 17.9 Å². The molecule has 0 aliphatic carbocycles. The summed E-state index contributed by atoms with van der Waals surface area (Å²) < 4.78 is 0. The molecule has 64 valence electrons. The quantitative estimate of drug-likeness (QED) is 0.351. The van der Waals surface area contributed by atoms with Crippen molar-refractivity contribution in [3.63, 3.8) is 0 Å². The van der Waals surface area contributed by atoms with Crippen molar-refractivity contribution in [3.8, 4) is 0 Å². The van der Waals surface area contributed by atoms with Gasteiger partial charge in [-0.25, -0.2) is 0 Å². The van der Waals surface area contributed by atoms with Crippen molar-refractivity contribution in [2.24, 2.45) is 5.92 Å². The molecule has 0 saturated carbocycles. The topological polar surface area (TPSA) is 80.3 Å². The molecule has 0 amide bonds. The molecule has 0 aromatic heterocycles. The zero-order valence-electron chi connectivity index (χ0n) is 8.33. The van der Waals surface area contributed by atoms with Gasteiger partial charge in [-0.15, -0.1) is 0 Å². The van der Waals surface area contributed by atoms with Gasteiger partial charge in [-0.3, -0.25) is 0 Å². The SMILES string of the molecule is CCCCC(C(=O)[O-])C(=O)[O-].[K+].[K+]. The zero-order valence-corrected chi connectivity index (χ0v) is 14.6. The molecule has 0 saturated heterocycles. The van der Waals surface area contributed by atoms with E-state index in [2.05, 4.69) is 0 Å². The van der Waals surface area contributed by atoms with E-state index in [9.17, 15) is 19.8 Å². The summed E-state index contributed by atoms with van der Waals surface area (Å²) in [6.45, 7) is 1.85. The molecular weight excluding hydrogens is 226 g/mol. The van der Waals surface area contributed by atoms with Crippen LogP contribution in [0.1, 0.15) is 26.2 Å². The number of hydrogen-bond acceptors (Lipinski definition) is 4. The first kappa shape index (κ1) is 20.6. The third-order valence-corrected chi connectivity index (χ3v) is 1.42. The average molecular weight is 236 g/mol. The Labute approximate surface area is 163 Å². The number of carboxylic acids is 2. The van der Waals surface area contributed by atoms with Gasteiger partial charge in [-0.05, 0) is 6.42 Å². The van der Waals surface area contributed by atoms with Crippen molar-refractivity contribution in [2.75, 3.05) is 0 Å². The van der Waals surface area contributed by atoms with E-state index in [1.807, 2.05) is 6.92 Å². The van der Waals surface area contributed by atoms with Gasteiger partial charge in [0.15, 0.2) is 0 Å². The number of carboxylic acid groups (broad SMARTS) is 2. The molecule has 0 atom stereocenters. The second-order valence-corrected chi connectivity index (χ2v) is 2.33. The number of hydrogen-bond donors (Lipinski definition) is 0. The van der Waals surface area contributed by atoms with Gasteiger partial charge < -0.3 is 19.8 Å². The number of carbonyl (C=O) groups excluding carboxylic acids is 2. The number of carbonyl (C=O) groups is 2. The number of aliphatic carboxylic acids is 2. The molecule has 0 fully saturated rings. The van der Waals surface area contributed by atoms with Gasteiger partial charge in [0.05, 0.1) is 11.9 Å². The van der Waals surface area contributed by atoms with E-state index in [0.717, 1.165) is 6.42 Å². The predicted octanol–water partition coefficient (Wildman–Crippen LogP) is -7.70. The maximum Gasteiger partial charge on any atom is 1.00 e. The summed E-state index contributed by atoms with van der Waals surface area (Å²) in [5.41, 5.74) is 0. The third-order valence-electron chi connectivity index (χ3n) is 1.42. The summed E-state index contributed by atoms with van der Waals surface area (Å²) in [5.74, 6) is -4.56. The van der Waals surface area contributed by atoms with Gasteiger partial charge in [0.25, 0.3) is 0 Å². The molecule has 0 aliphatic heterocycles. The summed E-state index contributed by atoms with van der Waals surface area (Å²) in [6, 6.07) is 0. The van der Waals surface area contributed by atoms with Crippen molar-refractivity contribution in [2.45, 2.75) is 26.2 Å². The van der Waals surface area contributed by atoms with Crippen LogP contribution < -0.4 is 113 Å². The summed E-state index contributed by atoms with van der Waals surface area (Å²) in [7, 11) is 0. The summed E-state index contributed by atoms with van der Waals surface area (Å²) in [5, 5.41) is 20.2. The van der Waals surface area contributed by atoms with E-state index in [-0.39, 0.29) is 109 Å². The Bertz CT molecular complexity index is 147. The first-order valence-corrected chi connectivity index (χ1v) is 3.51. The monoisotopic (exact) mass is 236 g/mol. The van der Waals surface area contributed by atoms with Gasteiger partial charge in [-0.1, -0.05) is 19.8 Å². The van der Waals surface area contributed by atoms with Crippen LogP contribution in [-0.4, -0.2) is 11.9 Å². The molecule has 0 heterocycles. The minimum atomic E-state index is -1.56. The fourth-order valence-corrected chi connectivity index (χ4v) is 0.740. The van der Waals surface area contributed by atoms with Gasteiger partial charge in [0, 0.05) is 5.92 Å². The van der Waals surface area contributed by atoms with Crippen molar-refractivity contribution < 1.29 is 123 Å². The predicted molar refractivity (Wildman–Crippen MR) is 33.0 cm³/mol. The fourth-order valence-electron chi connectivity index (χ4n) is 0.740. The number of unbranched alkanes of at least 4 members (excludes halogenated alkanes) is 1. The minimum Gasteiger partial charge on any atom is -0.549 e. The van der Waals surface area contributed by atoms with Crippen LogP contribution in [0.3, 0.4) is 0 Å². The zero-order chi connectivity index (χ0) is 8.85. The Hall–Kier alpha value is 2.21. The molecule has 0 spiro atoms. The molecule has 0 aromatic rings. The normalized spacial score (nSPS) is 8.46. The average Bonchev–Trinajstić information content (AvgIpc) is 1.87. The van der Waals surface area contributed by atoms with E-state index in [1.54, 1.807) is 0 Å². The molecule has 0 radical (unpaired) electrons. The summed E-state index contributed by atoms with van der Waals surface area (Å²) in [6.07, 6.45) is 1.42. The number of rotatable bonds is 5. The second-order valence-electron chi connectivity index (χ2n) is 2.33. The third kappa shape index (κ3) is 10.5. The van der Waals surface area contributed by atoms with Crippen molar-refractivity contribution in [1.82, 2.24) is 0 Å². The van der Waals surface area contributed by atoms with E-state index in [4.69, 9.17) is 0 Å². The van der Waals surface area contributed by atoms with E-state index in [0.29, 0.717) is 6.42 Å². The van der Waals surface area contributed by atoms with E-state index >= 15 is 0 Å². The van der Waals surface area contributed by atoms with Crippen LogP contribution in [0.25, 0.3) is 0 Å². The van der Waals surface area contributed by atoms with Crippen LogP contribution in [0, 0.1) is 5.92 Å². The van der Waals surface area contributed by atoms with Gasteiger partial charge in [0.1, 0.15) is 0 Å². The minimum absolute atomic E-state index is 0. The van der Waals surface area contributed by atoms with Crippen LogP contribution in [0.4, 0.5) is 0 Å². The molecule has 13 heavy (non-hydrogen) atoms. The first-order valence-electron chi connectivity index (χ1n) is 3.51. The smallest absolute Gasteiger partial charge is 0.549 e. The van der Waals surface area contributed by atoms with Crippen LogP contribution >= 0.6 is 0 Å². The Morgan fingerprint density at radius 3 is 1.77 bits per heavy atom. The molecule has 0 aromatic carbocycles. The second kappa shape index (κ2) is 12.3. The Balaban J connectivity index is -0.000000500. The summed E-state index contributed by atoms with van der Waals surface area (Å²) in [4.78, 5) is 20.2. The molecule has 0 aliphatic rings. The first-order chi connectivity index (χ1) is 5.09. The maximum absolute atomic E-state index is 10.1. The van der Waals surface area contributed by atoms with Gasteiger partial charge >= 0.3 is 103 Å². The van der Waals surface area contributed by atoms with E-state index in [1.165, 1.54) is 0 Å². The van der Waals surface area contributed by atoms with Crippen molar-refractivity contribution in [1.29, 1.82) is 0 Å². The molecule has 0 unspecified atom stereocenters. The van der Waals surface area contributed by atoms with Crippen molar-refractivity contribution in [3.05, 3.63) is 0 Å². The van der Waals surface area contributed by atoms with Crippen LogP contribution in [0.15, 0.2) is 0 Å². The molecule has 6 heteroatoms. The standard InChI is InChI=1S/C7H12O4.2K/c1-2-3-4-5(6(8)9)7(10)11;;/h5H,2-4H2,1H3,(H,8,9)(H,10,11);;/q;2*+1/p-2. The van der Waals surface area contributed by atoms with Gasteiger partial charge in [-0.2, -0.15) is 0 Å². The molecule has 0 bridgehead atoms. The Morgan fingerprint density at radius 2 is 1.54 bits per heavy atom. The van der Waals surface area contributed by atoms with Crippen LogP contribution in [0.2, 0.25) is 0 Å². The molecule has 0 N–H and O–H groups in total. The molecular formula is C7H10K2O4. The fraction of sp³-hybridized carbons (Fsp3) is 0.714. The van der Waals surface area contributed by atoms with Crippen LogP contribution in [-0.2, 0) is 9.59 Å². The Morgan fingerprint density at radius 1 is 1.15 bits per heavy atom. The summed E-state index contributed by atoms with van der Waals surface area (Å²) >= 11 is 0. The van der Waals surface area contributed by atoms with Crippen molar-refractivity contribution >= 4 is 11.9 Å². The van der Waals surface area contributed by atoms with Gasteiger partial charge in [0.2, 0.25) is 0 Å². The Kier molecular flexibility index (Phi) is 19.5.